The zero-order chi connectivity index (χ0) is 19.8. The number of phenols is 1. The molecule has 0 bridgehead atoms. The Balaban J connectivity index is 1.71. The van der Waals surface area contributed by atoms with E-state index >= 15 is 0 Å². The summed E-state index contributed by atoms with van der Waals surface area (Å²) in [6.45, 7) is 0.200. The van der Waals surface area contributed by atoms with Crippen LogP contribution in [0.3, 0.4) is 0 Å². The van der Waals surface area contributed by atoms with Gasteiger partial charge in [0, 0.05) is 30.1 Å². The van der Waals surface area contributed by atoms with Gasteiger partial charge in [0.25, 0.3) is 0 Å². The van der Waals surface area contributed by atoms with Crippen molar-refractivity contribution in [2.75, 3.05) is 24.5 Å². The summed E-state index contributed by atoms with van der Waals surface area (Å²) in [5, 5.41) is 19.4. The highest BCUT2D eigenvalue weighted by atomic mass is 16.7. The summed E-state index contributed by atoms with van der Waals surface area (Å²) in [6.07, 6.45) is 0. The first kappa shape index (κ1) is 17.5. The molecule has 0 atom stereocenters. The molecule has 0 saturated carbocycles. The number of aromatic carboxylic acids is 1. The Morgan fingerprint density at radius 3 is 2.54 bits per heavy atom. The largest absolute Gasteiger partial charge is 0.507 e. The number of aromatic nitrogens is 1. The molecule has 28 heavy (non-hydrogen) atoms. The van der Waals surface area contributed by atoms with E-state index in [0.717, 1.165) is 11.4 Å². The first-order valence-electron chi connectivity index (χ1n) is 8.40. The number of hydrogen-bond donors (Lipinski definition) is 3. The lowest BCUT2D eigenvalue weighted by atomic mass is 10.1. The molecule has 1 aromatic heterocycles. The van der Waals surface area contributed by atoms with Crippen LogP contribution in [-0.4, -0.2) is 35.0 Å². The third-order valence-corrected chi connectivity index (χ3v) is 4.54. The molecule has 0 radical (unpaired) electrons. The third-order valence-electron chi connectivity index (χ3n) is 4.54. The second kappa shape index (κ2) is 6.66. The van der Waals surface area contributed by atoms with Crippen LogP contribution in [0, 0.1) is 0 Å². The Bertz CT molecular complexity index is 1080. The maximum absolute atomic E-state index is 11.1. The average molecular weight is 379 g/mol. The number of phenolic OH excluding ortho intramolecular Hbond substituents is 1. The number of aromatic hydroxyl groups is 1. The van der Waals surface area contributed by atoms with Crippen molar-refractivity contribution in [3.8, 4) is 28.5 Å². The summed E-state index contributed by atoms with van der Waals surface area (Å²) in [7, 11) is 1.88. The Kier molecular flexibility index (Phi) is 4.15. The highest BCUT2D eigenvalue weighted by Crippen LogP contribution is 2.39. The number of nitrogen functional groups attached to an aromatic ring is 1. The molecular formula is C20H17N3O5. The minimum atomic E-state index is -1.16. The average Bonchev–Trinajstić information content (AvgIpc) is 3.15. The molecule has 0 amide bonds. The van der Waals surface area contributed by atoms with E-state index in [0.29, 0.717) is 22.8 Å². The molecule has 0 aliphatic carbocycles. The third kappa shape index (κ3) is 3.01. The van der Waals surface area contributed by atoms with Gasteiger partial charge in [-0.3, -0.25) is 0 Å². The number of nitrogens with zero attached hydrogens (tertiary/aromatic N) is 2. The smallest absolute Gasteiger partial charge is 0.339 e. The fraction of sp³-hybridized carbons (Fsp3) is 0.100. The minimum absolute atomic E-state index is 0.0119. The second-order valence-corrected chi connectivity index (χ2v) is 6.23. The van der Waals surface area contributed by atoms with Crippen molar-refractivity contribution in [3.63, 3.8) is 0 Å². The van der Waals surface area contributed by atoms with Gasteiger partial charge in [-0.25, -0.2) is 9.78 Å². The predicted molar refractivity (Wildman–Crippen MR) is 103 cm³/mol. The molecule has 2 heterocycles. The van der Waals surface area contributed by atoms with E-state index in [1.165, 1.54) is 12.1 Å². The molecule has 142 valence electrons. The molecule has 2 aromatic carbocycles. The van der Waals surface area contributed by atoms with E-state index in [1.807, 2.05) is 30.1 Å². The molecule has 1 aliphatic rings. The molecule has 8 nitrogen and oxygen atoms in total. The molecule has 4 rings (SSSR count). The number of fused-ring (bicyclic) bond motifs is 1. The van der Waals surface area contributed by atoms with Crippen LogP contribution in [0.4, 0.5) is 17.2 Å². The highest BCUT2D eigenvalue weighted by molar-refractivity contribution is 5.93. The highest BCUT2D eigenvalue weighted by Gasteiger charge is 2.17. The van der Waals surface area contributed by atoms with Crippen molar-refractivity contribution in [1.82, 2.24) is 4.98 Å². The summed E-state index contributed by atoms with van der Waals surface area (Å²) in [4.78, 5) is 17.2. The van der Waals surface area contributed by atoms with Crippen molar-refractivity contribution < 1.29 is 24.5 Å². The number of pyridine rings is 1. The summed E-state index contributed by atoms with van der Waals surface area (Å²) in [6, 6.07) is 13.6. The SMILES string of the molecule is CN(c1ccc2c(c1)OCO2)c1ccc(O)c(-c2ccc(C(=O)O)c(N)n2)c1. The van der Waals surface area contributed by atoms with E-state index in [1.54, 1.807) is 18.2 Å². The number of benzene rings is 2. The molecule has 3 aromatic rings. The number of carboxylic acids is 1. The van der Waals surface area contributed by atoms with E-state index in [2.05, 4.69) is 4.98 Å². The van der Waals surface area contributed by atoms with Crippen LogP contribution >= 0.6 is 0 Å². The standard InChI is InChI=1S/C20H17N3O5/c1-23(12-3-7-17-18(9-12)28-10-27-17)11-2-6-16(24)14(8-11)15-5-4-13(20(25)26)19(21)22-15/h2-9,24H,10H2,1H3,(H2,21,22)(H,25,26). The molecule has 4 N–H and O–H groups in total. The van der Waals surface area contributed by atoms with Crippen molar-refractivity contribution in [1.29, 1.82) is 0 Å². The van der Waals surface area contributed by atoms with Crippen LogP contribution in [0.1, 0.15) is 10.4 Å². The van der Waals surface area contributed by atoms with E-state index in [4.69, 9.17) is 20.3 Å². The lowest BCUT2D eigenvalue weighted by molar-refractivity contribution is 0.0697. The van der Waals surface area contributed by atoms with Gasteiger partial charge in [0.2, 0.25) is 6.79 Å². The summed E-state index contributed by atoms with van der Waals surface area (Å²) >= 11 is 0. The summed E-state index contributed by atoms with van der Waals surface area (Å²) < 4.78 is 10.8. The number of carboxylic acid groups (broad SMARTS) is 1. The molecular weight excluding hydrogens is 362 g/mol. The number of nitrogens with two attached hydrogens (primary N) is 1. The first-order valence-corrected chi connectivity index (χ1v) is 8.40. The van der Waals surface area contributed by atoms with Gasteiger partial charge in [-0.2, -0.15) is 0 Å². The van der Waals surface area contributed by atoms with E-state index in [-0.39, 0.29) is 23.9 Å². The molecule has 0 saturated heterocycles. The predicted octanol–water partition coefficient (Wildman–Crippen LogP) is 3.23. The van der Waals surface area contributed by atoms with Gasteiger partial charge in [0.05, 0.1) is 5.69 Å². The normalized spacial score (nSPS) is 12.0. The van der Waals surface area contributed by atoms with Crippen molar-refractivity contribution in [2.45, 2.75) is 0 Å². The quantitative estimate of drug-likeness (QED) is 0.632. The second-order valence-electron chi connectivity index (χ2n) is 6.23. The molecule has 0 spiro atoms. The Morgan fingerprint density at radius 1 is 1.07 bits per heavy atom. The van der Waals surface area contributed by atoms with Crippen LogP contribution in [0.2, 0.25) is 0 Å². The minimum Gasteiger partial charge on any atom is -0.507 e. The van der Waals surface area contributed by atoms with Gasteiger partial charge in [0.1, 0.15) is 17.1 Å². The van der Waals surface area contributed by atoms with Gasteiger partial charge >= 0.3 is 5.97 Å². The van der Waals surface area contributed by atoms with Gasteiger partial charge in [-0.1, -0.05) is 0 Å². The fourth-order valence-corrected chi connectivity index (χ4v) is 2.99. The lowest BCUT2D eigenvalue weighted by Gasteiger charge is -2.21. The number of hydrogen-bond acceptors (Lipinski definition) is 7. The van der Waals surface area contributed by atoms with Gasteiger partial charge in [-0.05, 0) is 42.5 Å². The van der Waals surface area contributed by atoms with Crippen LogP contribution in [0.25, 0.3) is 11.3 Å². The van der Waals surface area contributed by atoms with Gasteiger partial charge in [-0.15, -0.1) is 0 Å². The van der Waals surface area contributed by atoms with Gasteiger partial charge in [0.15, 0.2) is 11.5 Å². The molecule has 0 unspecified atom stereocenters. The van der Waals surface area contributed by atoms with Crippen molar-refractivity contribution in [2.24, 2.45) is 0 Å². The summed E-state index contributed by atoms with van der Waals surface area (Å²) in [5.41, 5.74) is 8.13. The number of rotatable bonds is 4. The zero-order valence-corrected chi connectivity index (χ0v) is 14.9. The van der Waals surface area contributed by atoms with Crippen LogP contribution in [0.15, 0.2) is 48.5 Å². The molecule has 8 heteroatoms. The topological polar surface area (TPSA) is 118 Å². The first-order chi connectivity index (χ1) is 13.4. The van der Waals surface area contributed by atoms with Crippen molar-refractivity contribution >= 4 is 23.2 Å². The Morgan fingerprint density at radius 2 is 1.79 bits per heavy atom. The zero-order valence-electron chi connectivity index (χ0n) is 14.9. The maximum atomic E-state index is 11.1. The lowest BCUT2D eigenvalue weighted by Crippen LogP contribution is -2.09. The van der Waals surface area contributed by atoms with E-state index in [9.17, 15) is 9.90 Å². The van der Waals surface area contributed by atoms with Crippen LogP contribution < -0.4 is 20.1 Å². The number of ether oxygens (including phenoxy) is 2. The summed E-state index contributed by atoms with van der Waals surface area (Å²) in [5.74, 6) is 0.109. The molecule has 0 fully saturated rings. The van der Waals surface area contributed by atoms with Crippen LogP contribution in [-0.2, 0) is 0 Å². The number of carbonyl (C=O) groups is 1. The fourth-order valence-electron chi connectivity index (χ4n) is 2.99. The Hall–Kier alpha value is -3.94. The monoisotopic (exact) mass is 379 g/mol. The Labute approximate surface area is 160 Å². The van der Waals surface area contributed by atoms with E-state index < -0.39 is 5.97 Å². The van der Waals surface area contributed by atoms with Gasteiger partial charge < -0.3 is 30.3 Å². The van der Waals surface area contributed by atoms with Crippen molar-refractivity contribution in [3.05, 3.63) is 54.1 Å². The number of anilines is 3. The van der Waals surface area contributed by atoms with Crippen LogP contribution in [0.5, 0.6) is 17.2 Å². The molecule has 1 aliphatic heterocycles. The maximum Gasteiger partial charge on any atom is 0.339 e.